The van der Waals surface area contributed by atoms with Crippen molar-refractivity contribution >= 4 is 92.9 Å². The first kappa shape index (κ1) is 69.2. The average Bonchev–Trinajstić information content (AvgIpc) is 1.59. The molecule has 5 N–H and O–H groups in total. The third-order valence-electron chi connectivity index (χ3n) is 18.6. The molecule has 3 aromatic heterocycles. The Morgan fingerprint density at radius 3 is 2.12 bits per heavy atom. The first-order chi connectivity index (χ1) is 47.7. The number of aliphatic imine (C=N–C) groups is 1. The molecule has 4 aromatic carbocycles. The van der Waals surface area contributed by atoms with Crippen molar-refractivity contribution in [3.63, 3.8) is 0 Å². The lowest BCUT2D eigenvalue weighted by atomic mass is 9.86. The van der Waals surface area contributed by atoms with E-state index in [9.17, 15) is 38.0 Å². The number of ketones is 2. The van der Waals surface area contributed by atoms with Gasteiger partial charge in [-0.2, -0.15) is 0 Å². The minimum atomic E-state index is -0.921. The highest BCUT2D eigenvalue weighted by Gasteiger charge is 2.37. The van der Waals surface area contributed by atoms with Gasteiger partial charge in [-0.05, 0) is 143 Å². The normalized spacial score (nSPS) is 19.3. The van der Waals surface area contributed by atoms with Crippen LogP contribution in [0.25, 0.3) is 5.00 Å². The smallest absolute Gasteiger partial charge is 0.272 e. The number of methoxy groups -OCH3 is 1. The molecule has 3 aliphatic heterocycles. The SMILES string of the molecule is COc1ccc(C(=O)/C=C/C(=O)NC2CC(NC(=O)CN3CCN(c4ccc(C(=O)NC5CCC(Oc6ccc(N)c(Cl)c6)CC5)nn4)CC3)C2)c(F)c1Cc1nnc2n1-c1sc(C)c(C)c1C(c1ccc(Cl)cc1)=N[C@H]2CC(=O)N1CCN(C(=O)/C=C/C(=O)c2ccc(F)cc2)CC1. The summed E-state index contributed by atoms with van der Waals surface area (Å²) in [6.45, 7) is 7.31. The summed E-state index contributed by atoms with van der Waals surface area (Å²) in [5, 5.41) is 28.5. The number of ether oxygens (including phenoxy) is 2. The number of benzene rings is 4. The number of halogens is 4. The first-order valence-corrected chi connectivity index (χ1v) is 34.2. The molecule has 0 bridgehead atoms. The molecule has 2 aliphatic carbocycles. The van der Waals surface area contributed by atoms with E-state index >= 15 is 4.39 Å². The lowest BCUT2D eigenvalue weighted by Gasteiger charge is -2.37. The number of allylic oxidation sites excluding steroid dienone is 2. The van der Waals surface area contributed by atoms with Crippen molar-refractivity contribution in [3.8, 4) is 16.5 Å². The molecule has 12 rings (SSSR count). The van der Waals surface area contributed by atoms with E-state index in [0.717, 1.165) is 65.5 Å². The number of nitrogens with two attached hydrogens (primary N) is 1. The molecule has 99 heavy (non-hydrogen) atoms. The van der Waals surface area contributed by atoms with Gasteiger partial charge in [-0.15, -0.1) is 31.7 Å². The van der Waals surface area contributed by atoms with Crippen LogP contribution in [-0.2, 0) is 25.6 Å². The zero-order valence-electron chi connectivity index (χ0n) is 54.5. The Labute approximate surface area is 583 Å². The monoisotopic (exact) mass is 1400 g/mol. The number of hydrogen-bond acceptors (Lipinski definition) is 18. The molecule has 0 radical (unpaired) electrons. The van der Waals surface area contributed by atoms with Gasteiger partial charge in [0.05, 0.1) is 48.2 Å². The Hall–Kier alpha value is -9.76. The standard InChI is InChI=1S/C71H72Cl2F2N14O9S/c1-40-41(2)99-71-66(40)68(43-4-8-44(72)9-5-43)80-56(38-65(95)88-32-30-87(31-33-88)64(94)25-21-57(90)42-6-10-45(74)11-7-42)69-84-83-61(89(69)71)37-52-59(97-3)22-17-51(67(52)75)58(91)20-24-62(92)77-47-34-48(35-47)78-63(93)39-85-26-28-86(29-27-85)60-23-19-55(81-82-60)70(96)79-46-12-14-49(15-13-46)98-50-16-18-54(76)53(73)36-50/h4-11,16-25,36,46-49,56H,12-15,26-35,37-39,76H2,1-3H3,(H,77,92)(H,78,93)(H,79,96)/b24-20+,25-21+/t46?,47?,48?,49?,56-/m0/s1. The van der Waals surface area contributed by atoms with Crippen LogP contribution in [0, 0.1) is 25.5 Å². The van der Waals surface area contributed by atoms with Gasteiger partial charge in [0.1, 0.15) is 40.0 Å². The Kier molecular flexibility index (Phi) is 21.3. The van der Waals surface area contributed by atoms with E-state index < -0.39 is 41.1 Å². The number of hydrogen-bond donors (Lipinski definition) is 4. The second kappa shape index (κ2) is 30.6. The molecule has 2 saturated heterocycles. The summed E-state index contributed by atoms with van der Waals surface area (Å²) in [5.74, 6) is -2.29. The quantitative estimate of drug-likeness (QED) is 0.0299. The number of carbonyl (C=O) groups is 7. The zero-order chi connectivity index (χ0) is 69.6. The summed E-state index contributed by atoms with van der Waals surface area (Å²) in [7, 11) is 1.38. The van der Waals surface area contributed by atoms with Crippen LogP contribution in [0.1, 0.15) is 121 Å². The van der Waals surface area contributed by atoms with Crippen LogP contribution in [0.5, 0.6) is 11.5 Å². The lowest BCUT2D eigenvalue weighted by molar-refractivity contribution is -0.137. The third kappa shape index (κ3) is 16.2. The van der Waals surface area contributed by atoms with E-state index in [1.165, 1.54) is 65.8 Å². The molecule has 6 heterocycles. The average molecular weight is 1410 g/mol. The van der Waals surface area contributed by atoms with E-state index in [2.05, 4.69) is 41.2 Å². The van der Waals surface area contributed by atoms with Crippen LogP contribution in [0.2, 0.25) is 10.0 Å². The highest BCUT2D eigenvalue weighted by atomic mass is 35.5. The molecule has 0 spiro atoms. The summed E-state index contributed by atoms with van der Waals surface area (Å²) in [6.07, 6.45) is 8.01. The van der Waals surface area contributed by atoms with Crippen LogP contribution in [0.15, 0.2) is 120 Å². The Bertz CT molecular complexity index is 4330. The van der Waals surface area contributed by atoms with E-state index in [1.807, 2.05) is 30.9 Å². The third-order valence-corrected chi connectivity index (χ3v) is 20.3. The second-order valence-electron chi connectivity index (χ2n) is 25.1. The fraction of sp³-hybridized carbons (Fsp3) is 0.352. The fourth-order valence-corrected chi connectivity index (χ4v) is 14.3. The van der Waals surface area contributed by atoms with E-state index in [-0.39, 0.29) is 121 Å². The van der Waals surface area contributed by atoms with Crippen molar-refractivity contribution < 1.29 is 51.8 Å². The zero-order valence-corrected chi connectivity index (χ0v) is 56.8. The summed E-state index contributed by atoms with van der Waals surface area (Å²) in [4.78, 5) is 107. The molecule has 28 heteroatoms. The van der Waals surface area contributed by atoms with Gasteiger partial charge in [0.25, 0.3) is 5.91 Å². The van der Waals surface area contributed by atoms with Crippen molar-refractivity contribution in [1.29, 1.82) is 0 Å². The van der Waals surface area contributed by atoms with Crippen molar-refractivity contribution in [1.82, 2.24) is 55.6 Å². The maximum absolute atomic E-state index is 17.1. The number of anilines is 2. The van der Waals surface area contributed by atoms with Gasteiger partial charge in [0.2, 0.25) is 23.6 Å². The molecule has 7 aromatic rings. The Morgan fingerprint density at radius 1 is 0.717 bits per heavy atom. The number of rotatable bonds is 21. The van der Waals surface area contributed by atoms with Crippen LogP contribution < -0.4 is 36.1 Å². The van der Waals surface area contributed by atoms with Crippen molar-refractivity contribution in [2.24, 2.45) is 4.99 Å². The van der Waals surface area contributed by atoms with Gasteiger partial charge >= 0.3 is 0 Å². The van der Waals surface area contributed by atoms with Gasteiger partial charge in [0.15, 0.2) is 28.9 Å². The predicted molar refractivity (Wildman–Crippen MR) is 369 cm³/mol. The summed E-state index contributed by atoms with van der Waals surface area (Å²) < 4.78 is 44.1. The first-order valence-electron chi connectivity index (χ1n) is 32.7. The van der Waals surface area contributed by atoms with Crippen LogP contribution in [0.4, 0.5) is 20.3 Å². The Morgan fingerprint density at radius 2 is 1.42 bits per heavy atom. The highest BCUT2D eigenvalue weighted by molar-refractivity contribution is 7.15. The summed E-state index contributed by atoms with van der Waals surface area (Å²) >= 11 is 14.0. The van der Waals surface area contributed by atoms with Crippen molar-refractivity contribution in [2.75, 3.05) is 76.6 Å². The molecule has 2 saturated carbocycles. The maximum Gasteiger partial charge on any atom is 0.272 e. The second-order valence-corrected chi connectivity index (χ2v) is 27.1. The number of amides is 5. The van der Waals surface area contributed by atoms with Crippen molar-refractivity contribution in [3.05, 3.63) is 193 Å². The van der Waals surface area contributed by atoms with E-state index in [0.29, 0.717) is 82.9 Å². The summed E-state index contributed by atoms with van der Waals surface area (Å²) in [6, 6.07) is 22.3. The molecular weight excluding hydrogens is 1330 g/mol. The van der Waals surface area contributed by atoms with Gasteiger partial charge in [0, 0.05) is 127 Å². The molecular formula is C71H72Cl2F2N14O9S. The largest absolute Gasteiger partial charge is 0.496 e. The van der Waals surface area contributed by atoms with Crippen LogP contribution in [0.3, 0.4) is 0 Å². The Balaban J connectivity index is 0.624. The molecule has 5 aliphatic rings. The number of nitrogen functional groups attached to an aromatic ring is 1. The molecule has 23 nitrogen and oxygen atoms in total. The number of thiophene rings is 1. The highest BCUT2D eigenvalue weighted by Crippen LogP contribution is 2.41. The number of carbonyl (C=O) groups excluding carboxylic acids is 7. The topological polar surface area (TPSA) is 282 Å². The number of nitrogens with one attached hydrogen (secondary N) is 3. The number of aromatic nitrogens is 5. The summed E-state index contributed by atoms with van der Waals surface area (Å²) in [5.41, 5.74) is 9.41. The molecule has 4 fully saturated rings. The van der Waals surface area contributed by atoms with E-state index in [1.54, 1.807) is 51.9 Å². The minimum Gasteiger partial charge on any atom is -0.496 e. The van der Waals surface area contributed by atoms with Crippen LogP contribution in [-0.4, -0.2) is 177 Å². The maximum atomic E-state index is 17.1. The van der Waals surface area contributed by atoms with Crippen molar-refractivity contribution in [2.45, 2.75) is 95.5 Å². The number of nitrogens with zero attached hydrogens (tertiary/aromatic N) is 10. The predicted octanol–water partition coefficient (Wildman–Crippen LogP) is 8.34. The van der Waals surface area contributed by atoms with Gasteiger partial charge < -0.3 is 45.9 Å². The molecule has 1 atom stereocenters. The van der Waals surface area contributed by atoms with E-state index in [4.69, 9.17) is 43.4 Å². The molecule has 0 unspecified atom stereocenters. The molecule has 514 valence electrons. The minimum absolute atomic E-state index is 0.00853. The number of fused-ring (bicyclic) bond motifs is 3. The van der Waals surface area contributed by atoms with Gasteiger partial charge in [-0.1, -0.05) is 35.3 Å². The number of aryl methyl sites for hydroxylation is 1. The number of piperazine rings is 2. The van der Waals surface area contributed by atoms with Gasteiger partial charge in [-0.25, -0.2) is 8.78 Å². The molecule has 5 amide bonds. The van der Waals surface area contributed by atoms with Crippen LogP contribution >= 0.6 is 34.5 Å². The fourth-order valence-electron chi connectivity index (χ4n) is 12.8. The van der Waals surface area contributed by atoms with Gasteiger partial charge in [-0.3, -0.25) is 48.0 Å². The lowest BCUT2D eigenvalue weighted by Crippen LogP contribution is -2.56.